The number of ether oxygens (including phenoxy) is 1. The standard InChI is InChI=1S/C21H30FN3O3.ClH/c1-2-18(28-19-10-4-3-8-16(19)22)21(27)25-12-6-7-15(14-25)13-24-20(26)17-9-5-11-23-17;/h3-4,8,10,15,17-18,23H,2,5-7,9,11-14H2,1H3,(H,24,26);1H. The van der Waals surface area contributed by atoms with Gasteiger partial charge >= 0.3 is 0 Å². The second-order valence-electron chi connectivity index (χ2n) is 7.63. The predicted octanol–water partition coefficient (Wildman–Crippen LogP) is 2.51. The molecule has 2 heterocycles. The number of nitrogens with zero attached hydrogens (tertiary/aromatic N) is 1. The number of benzene rings is 1. The second kappa shape index (κ2) is 11.4. The number of nitrogens with one attached hydrogen (secondary N) is 2. The fourth-order valence-corrected chi connectivity index (χ4v) is 3.91. The van der Waals surface area contributed by atoms with Crippen molar-refractivity contribution >= 4 is 24.2 Å². The summed E-state index contributed by atoms with van der Waals surface area (Å²) in [6, 6.07) is 6.06. The average molecular weight is 428 g/mol. The number of carbonyl (C=O) groups excluding carboxylic acids is 2. The molecule has 6 nitrogen and oxygen atoms in total. The van der Waals surface area contributed by atoms with E-state index in [0.717, 1.165) is 32.2 Å². The molecule has 2 saturated heterocycles. The van der Waals surface area contributed by atoms with Gasteiger partial charge in [-0.05, 0) is 56.7 Å². The van der Waals surface area contributed by atoms with Crippen LogP contribution >= 0.6 is 12.4 Å². The Kier molecular flexibility index (Phi) is 9.17. The Bertz CT molecular complexity index is 685. The van der Waals surface area contributed by atoms with Crippen LogP contribution in [0.3, 0.4) is 0 Å². The van der Waals surface area contributed by atoms with Crippen LogP contribution in [0.1, 0.15) is 39.0 Å². The Labute approximate surface area is 178 Å². The van der Waals surface area contributed by atoms with Crippen molar-refractivity contribution in [3.05, 3.63) is 30.1 Å². The van der Waals surface area contributed by atoms with Crippen LogP contribution < -0.4 is 15.4 Å². The van der Waals surface area contributed by atoms with Gasteiger partial charge < -0.3 is 20.3 Å². The monoisotopic (exact) mass is 427 g/mol. The Morgan fingerprint density at radius 2 is 2.10 bits per heavy atom. The topological polar surface area (TPSA) is 70.7 Å². The minimum Gasteiger partial charge on any atom is -0.478 e. The van der Waals surface area contributed by atoms with Gasteiger partial charge in [-0.2, -0.15) is 0 Å². The van der Waals surface area contributed by atoms with Crippen molar-refractivity contribution in [1.29, 1.82) is 0 Å². The van der Waals surface area contributed by atoms with E-state index in [1.165, 1.54) is 12.1 Å². The van der Waals surface area contributed by atoms with Gasteiger partial charge in [-0.3, -0.25) is 9.59 Å². The number of hydrogen-bond acceptors (Lipinski definition) is 4. The highest BCUT2D eigenvalue weighted by Gasteiger charge is 2.30. The number of rotatable bonds is 7. The van der Waals surface area contributed by atoms with Gasteiger partial charge in [-0.15, -0.1) is 12.4 Å². The third-order valence-corrected chi connectivity index (χ3v) is 5.52. The van der Waals surface area contributed by atoms with Crippen molar-refractivity contribution in [2.45, 2.75) is 51.2 Å². The second-order valence-corrected chi connectivity index (χ2v) is 7.63. The molecule has 2 amide bonds. The number of hydrogen-bond donors (Lipinski definition) is 2. The van der Waals surface area contributed by atoms with E-state index in [1.54, 1.807) is 17.0 Å². The van der Waals surface area contributed by atoms with Crippen molar-refractivity contribution in [2.75, 3.05) is 26.2 Å². The summed E-state index contributed by atoms with van der Waals surface area (Å²) < 4.78 is 19.5. The van der Waals surface area contributed by atoms with E-state index in [4.69, 9.17) is 4.74 Å². The molecular formula is C21H31ClFN3O3. The molecule has 3 atom stereocenters. The van der Waals surface area contributed by atoms with E-state index in [2.05, 4.69) is 10.6 Å². The minimum absolute atomic E-state index is 0. The van der Waals surface area contributed by atoms with Crippen molar-refractivity contribution in [3.63, 3.8) is 0 Å². The predicted molar refractivity (Wildman–Crippen MR) is 112 cm³/mol. The quantitative estimate of drug-likeness (QED) is 0.701. The van der Waals surface area contributed by atoms with Crippen LogP contribution in [0.25, 0.3) is 0 Å². The zero-order valence-corrected chi connectivity index (χ0v) is 17.7. The van der Waals surface area contributed by atoms with Gasteiger partial charge in [0.25, 0.3) is 5.91 Å². The largest absolute Gasteiger partial charge is 0.478 e. The Hall–Kier alpha value is -1.86. The molecule has 3 rings (SSSR count). The van der Waals surface area contributed by atoms with Gasteiger partial charge in [0, 0.05) is 19.6 Å². The maximum Gasteiger partial charge on any atom is 0.263 e. The normalized spacial score (nSPS) is 22.5. The average Bonchev–Trinajstić information content (AvgIpc) is 3.26. The van der Waals surface area contributed by atoms with Crippen LogP contribution in [-0.4, -0.2) is 55.0 Å². The molecule has 0 aliphatic carbocycles. The molecule has 0 radical (unpaired) electrons. The molecule has 29 heavy (non-hydrogen) atoms. The highest BCUT2D eigenvalue weighted by Crippen LogP contribution is 2.22. The zero-order valence-electron chi connectivity index (χ0n) is 16.9. The highest BCUT2D eigenvalue weighted by atomic mass is 35.5. The summed E-state index contributed by atoms with van der Waals surface area (Å²) in [5, 5.41) is 6.22. The molecular weight excluding hydrogens is 397 g/mol. The van der Waals surface area contributed by atoms with Crippen LogP contribution in [0, 0.1) is 11.7 Å². The molecule has 0 saturated carbocycles. The number of amides is 2. The summed E-state index contributed by atoms with van der Waals surface area (Å²) in [6.45, 7) is 4.59. The van der Waals surface area contributed by atoms with E-state index in [-0.39, 0.29) is 41.9 Å². The Morgan fingerprint density at radius 1 is 1.31 bits per heavy atom. The first-order valence-corrected chi connectivity index (χ1v) is 10.3. The summed E-state index contributed by atoms with van der Waals surface area (Å²) in [6.07, 6.45) is 3.56. The van der Waals surface area contributed by atoms with E-state index in [1.807, 2.05) is 6.92 Å². The summed E-state index contributed by atoms with van der Waals surface area (Å²) in [7, 11) is 0. The van der Waals surface area contributed by atoms with Crippen LogP contribution in [-0.2, 0) is 9.59 Å². The fraction of sp³-hybridized carbons (Fsp3) is 0.619. The molecule has 2 aliphatic heterocycles. The van der Waals surface area contributed by atoms with E-state index < -0.39 is 11.9 Å². The third-order valence-electron chi connectivity index (χ3n) is 5.52. The van der Waals surface area contributed by atoms with Crippen LogP contribution in [0.2, 0.25) is 0 Å². The SMILES string of the molecule is CCC(Oc1ccccc1F)C(=O)N1CCCC(CNC(=O)C2CCCN2)C1.Cl. The van der Waals surface area contributed by atoms with Gasteiger partial charge in [0.1, 0.15) is 0 Å². The molecule has 2 aliphatic rings. The highest BCUT2D eigenvalue weighted by molar-refractivity contribution is 5.85. The summed E-state index contributed by atoms with van der Waals surface area (Å²) >= 11 is 0. The molecule has 8 heteroatoms. The van der Waals surface area contributed by atoms with E-state index in [0.29, 0.717) is 26.1 Å². The van der Waals surface area contributed by atoms with Gasteiger partial charge in [0.05, 0.1) is 6.04 Å². The first-order valence-electron chi connectivity index (χ1n) is 10.3. The maximum absolute atomic E-state index is 13.9. The lowest BCUT2D eigenvalue weighted by Crippen LogP contribution is -2.49. The van der Waals surface area contributed by atoms with Crippen molar-refractivity contribution in [2.24, 2.45) is 5.92 Å². The van der Waals surface area contributed by atoms with E-state index in [9.17, 15) is 14.0 Å². The molecule has 3 unspecified atom stereocenters. The van der Waals surface area contributed by atoms with Crippen molar-refractivity contribution in [1.82, 2.24) is 15.5 Å². The van der Waals surface area contributed by atoms with Crippen LogP contribution in [0.5, 0.6) is 5.75 Å². The van der Waals surface area contributed by atoms with Gasteiger partial charge in [-0.25, -0.2) is 4.39 Å². The van der Waals surface area contributed by atoms with E-state index >= 15 is 0 Å². The van der Waals surface area contributed by atoms with Crippen molar-refractivity contribution < 1.29 is 18.7 Å². The molecule has 2 fully saturated rings. The lowest BCUT2D eigenvalue weighted by atomic mass is 9.97. The molecule has 162 valence electrons. The number of halogens is 2. The molecule has 1 aromatic rings. The molecule has 0 spiro atoms. The molecule has 2 N–H and O–H groups in total. The smallest absolute Gasteiger partial charge is 0.263 e. The fourth-order valence-electron chi connectivity index (χ4n) is 3.91. The minimum atomic E-state index is -0.701. The number of para-hydroxylation sites is 1. The number of carbonyl (C=O) groups is 2. The third kappa shape index (κ3) is 6.31. The Morgan fingerprint density at radius 3 is 2.79 bits per heavy atom. The number of likely N-dealkylation sites (tertiary alicyclic amines) is 1. The summed E-state index contributed by atoms with van der Waals surface area (Å²) in [4.78, 5) is 26.9. The number of piperidine rings is 1. The molecule has 1 aromatic carbocycles. The van der Waals surface area contributed by atoms with Gasteiger partial charge in [0.2, 0.25) is 5.91 Å². The Balaban J connectivity index is 0.00000300. The van der Waals surface area contributed by atoms with Crippen LogP contribution in [0.15, 0.2) is 24.3 Å². The van der Waals surface area contributed by atoms with Gasteiger partial charge in [0.15, 0.2) is 17.7 Å². The van der Waals surface area contributed by atoms with Crippen molar-refractivity contribution in [3.8, 4) is 5.75 Å². The van der Waals surface area contributed by atoms with Gasteiger partial charge in [-0.1, -0.05) is 19.1 Å². The summed E-state index contributed by atoms with van der Waals surface area (Å²) in [5.74, 6) is -0.190. The lowest BCUT2D eigenvalue weighted by Gasteiger charge is -2.35. The first kappa shape index (κ1) is 23.4. The lowest BCUT2D eigenvalue weighted by molar-refractivity contribution is -0.140. The van der Waals surface area contributed by atoms with Crippen LogP contribution in [0.4, 0.5) is 4.39 Å². The summed E-state index contributed by atoms with van der Waals surface area (Å²) in [5.41, 5.74) is 0. The zero-order chi connectivity index (χ0) is 19.9. The maximum atomic E-state index is 13.9. The molecule has 0 bridgehead atoms. The molecule has 0 aromatic heterocycles. The first-order chi connectivity index (χ1) is 13.6.